The summed E-state index contributed by atoms with van der Waals surface area (Å²) in [6.45, 7) is 3.61. The van der Waals surface area contributed by atoms with Crippen molar-refractivity contribution in [3.05, 3.63) is 60.1 Å². The van der Waals surface area contributed by atoms with Crippen molar-refractivity contribution in [1.29, 1.82) is 0 Å². The van der Waals surface area contributed by atoms with E-state index in [4.69, 9.17) is 4.52 Å². The molecule has 1 fully saturated rings. The Morgan fingerprint density at radius 1 is 1.07 bits per heavy atom. The molecule has 7 nitrogen and oxygen atoms in total. The van der Waals surface area contributed by atoms with Gasteiger partial charge >= 0.3 is 0 Å². The molecule has 0 bridgehead atoms. The highest BCUT2D eigenvalue weighted by Crippen LogP contribution is 2.33. The van der Waals surface area contributed by atoms with Crippen LogP contribution in [0.3, 0.4) is 0 Å². The van der Waals surface area contributed by atoms with Crippen LogP contribution < -0.4 is 4.90 Å². The largest absolute Gasteiger partial charge is 0.356 e. The minimum Gasteiger partial charge on any atom is -0.356 e. The van der Waals surface area contributed by atoms with E-state index in [0.717, 1.165) is 54.5 Å². The molecule has 1 aromatic carbocycles. The zero-order valence-electron chi connectivity index (χ0n) is 15.4. The second kappa shape index (κ2) is 6.70. The molecule has 0 N–H and O–H groups in total. The molecule has 0 aliphatic carbocycles. The first-order chi connectivity index (χ1) is 13.7. The fourth-order valence-corrected chi connectivity index (χ4v) is 3.84. The van der Waals surface area contributed by atoms with Crippen LogP contribution in [0.2, 0.25) is 0 Å². The maximum atomic E-state index is 13.6. The highest BCUT2D eigenvalue weighted by atomic mass is 19.1. The third kappa shape index (κ3) is 2.90. The van der Waals surface area contributed by atoms with E-state index in [2.05, 4.69) is 25.2 Å². The number of anilines is 1. The second-order valence-electron chi connectivity index (χ2n) is 7.06. The molecule has 4 aromatic rings. The molecule has 0 radical (unpaired) electrons. The summed E-state index contributed by atoms with van der Waals surface area (Å²) < 4.78 is 20.9. The van der Waals surface area contributed by atoms with Gasteiger partial charge < -0.3 is 9.42 Å². The summed E-state index contributed by atoms with van der Waals surface area (Å²) in [4.78, 5) is 6.43. The summed E-state index contributed by atoms with van der Waals surface area (Å²) in [5.74, 6) is 2.47. The molecule has 5 rings (SSSR count). The van der Waals surface area contributed by atoms with Crippen molar-refractivity contribution < 1.29 is 8.91 Å². The number of hydrogen-bond donors (Lipinski definition) is 0. The van der Waals surface area contributed by atoms with Crippen LogP contribution in [0, 0.1) is 12.7 Å². The molecule has 0 spiro atoms. The minimum atomic E-state index is -0.266. The van der Waals surface area contributed by atoms with Crippen LogP contribution in [0.4, 0.5) is 10.2 Å². The lowest BCUT2D eigenvalue weighted by Gasteiger charge is -2.31. The van der Waals surface area contributed by atoms with Crippen molar-refractivity contribution in [3.63, 3.8) is 0 Å². The average molecular weight is 378 g/mol. The lowest BCUT2D eigenvalue weighted by Crippen LogP contribution is -2.33. The van der Waals surface area contributed by atoms with Crippen molar-refractivity contribution in [2.45, 2.75) is 25.7 Å². The molecule has 28 heavy (non-hydrogen) atoms. The summed E-state index contributed by atoms with van der Waals surface area (Å²) in [5.41, 5.74) is 1.49. The van der Waals surface area contributed by atoms with E-state index in [1.54, 1.807) is 12.3 Å². The van der Waals surface area contributed by atoms with Gasteiger partial charge in [0.25, 0.3) is 0 Å². The Kier molecular flexibility index (Phi) is 4.03. The third-order valence-electron chi connectivity index (χ3n) is 5.37. The van der Waals surface area contributed by atoms with E-state index in [9.17, 15) is 4.39 Å². The maximum absolute atomic E-state index is 13.6. The molecule has 3 aromatic heterocycles. The number of rotatable bonds is 3. The lowest BCUT2D eigenvalue weighted by molar-refractivity contribution is 0.416. The number of piperidine rings is 1. The Morgan fingerprint density at radius 2 is 1.86 bits per heavy atom. The van der Waals surface area contributed by atoms with Gasteiger partial charge in [-0.1, -0.05) is 5.16 Å². The molecule has 4 heterocycles. The topological polar surface area (TPSA) is 72.9 Å². The zero-order chi connectivity index (χ0) is 19.1. The molecule has 1 aliphatic rings. The van der Waals surface area contributed by atoms with Crippen LogP contribution in [-0.4, -0.2) is 38.0 Å². The Labute approximate surface area is 160 Å². The quantitative estimate of drug-likeness (QED) is 0.542. The lowest BCUT2D eigenvalue weighted by atomic mass is 9.91. The average Bonchev–Trinajstić information content (AvgIpc) is 3.34. The standard InChI is InChI=1S/C20H19FN6O/c1-13-22-8-11-27(13)19-5-4-18(23-24-19)26-9-6-14(7-10-26)20-16-12-15(21)2-3-17(16)28-25-20/h2-5,8,11-12,14H,6-7,9-10H2,1H3. The van der Waals surface area contributed by atoms with E-state index in [0.29, 0.717) is 5.58 Å². The molecule has 0 unspecified atom stereocenters. The van der Waals surface area contributed by atoms with E-state index in [1.165, 1.54) is 12.1 Å². The van der Waals surface area contributed by atoms with Gasteiger partial charge in [0.15, 0.2) is 17.2 Å². The normalized spacial score (nSPS) is 15.4. The predicted molar refractivity (Wildman–Crippen MR) is 102 cm³/mol. The number of benzene rings is 1. The summed E-state index contributed by atoms with van der Waals surface area (Å²) in [7, 11) is 0. The number of halogens is 1. The Bertz CT molecular complexity index is 1110. The van der Waals surface area contributed by atoms with Crippen LogP contribution >= 0.6 is 0 Å². The van der Waals surface area contributed by atoms with Crippen LogP contribution in [0.15, 0.2) is 47.2 Å². The summed E-state index contributed by atoms with van der Waals surface area (Å²) in [6, 6.07) is 8.48. The summed E-state index contributed by atoms with van der Waals surface area (Å²) in [6.07, 6.45) is 5.43. The van der Waals surface area contributed by atoms with Gasteiger partial charge in [0.05, 0.1) is 5.69 Å². The third-order valence-corrected chi connectivity index (χ3v) is 5.37. The second-order valence-corrected chi connectivity index (χ2v) is 7.06. The van der Waals surface area contributed by atoms with E-state index in [1.807, 2.05) is 29.8 Å². The van der Waals surface area contributed by atoms with Crippen molar-refractivity contribution in [2.24, 2.45) is 0 Å². The molecule has 1 aliphatic heterocycles. The molecule has 0 amide bonds. The zero-order valence-corrected chi connectivity index (χ0v) is 15.4. The highest BCUT2D eigenvalue weighted by molar-refractivity contribution is 5.80. The molecule has 142 valence electrons. The number of aryl methyl sites for hydroxylation is 1. The molecular weight excluding hydrogens is 359 g/mol. The Balaban J connectivity index is 1.30. The van der Waals surface area contributed by atoms with Gasteiger partial charge in [-0.25, -0.2) is 9.37 Å². The van der Waals surface area contributed by atoms with Gasteiger partial charge in [0.1, 0.15) is 11.6 Å². The molecule has 1 saturated heterocycles. The monoisotopic (exact) mass is 378 g/mol. The first kappa shape index (κ1) is 16.9. The highest BCUT2D eigenvalue weighted by Gasteiger charge is 2.26. The first-order valence-corrected chi connectivity index (χ1v) is 9.33. The number of fused-ring (bicyclic) bond motifs is 1. The molecule has 8 heteroatoms. The first-order valence-electron chi connectivity index (χ1n) is 9.33. The van der Waals surface area contributed by atoms with Crippen LogP contribution in [0.25, 0.3) is 16.8 Å². The molecular formula is C20H19FN6O. The van der Waals surface area contributed by atoms with Crippen molar-refractivity contribution in [1.82, 2.24) is 24.9 Å². The van der Waals surface area contributed by atoms with Gasteiger partial charge in [-0.05, 0) is 50.1 Å². The maximum Gasteiger partial charge on any atom is 0.167 e. The SMILES string of the molecule is Cc1nccn1-c1ccc(N2CCC(c3noc4ccc(F)cc34)CC2)nn1. The fraction of sp³-hybridized carbons (Fsp3) is 0.300. The predicted octanol–water partition coefficient (Wildman–Crippen LogP) is 3.64. The van der Waals surface area contributed by atoms with Gasteiger partial charge in [-0.2, -0.15) is 0 Å². The molecule has 0 saturated carbocycles. The Morgan fingerprint density at radius 3 is 2.57 bits per heavy atom. The van der Waals surface area contributed by atoms with Crippen molar-refractivity contribution in [2.75, 3.05) is 18.0 Å². The summed E-state index contributed by atoms with van der Waals surface area (Å²) in [5, 5.41) is 13.7. The smallest absolute Gasteiger partial charge is 0.167 e. The number of aromatic nitrogens is 5. The van der Waals surface area contributed by atoms with E-state index < -0.39 is 0 Å². The number of imidazole rings is 1. The van der Waals surface area contributed by atoms with Crippen molar-refractivity contribution in [3.8, 4) is 5.82 Å². The summed E-state index contributed by atoms with van der Waals surface area (Å²) >= 11 is 0. The number of hydrogen-bond acceptors (Lipinski definition) is 6. The minimum absolute atomic E-state index is 0.250. The van der Waals surface area contributed by atoms with Crippen LogP contribution in [0.5, 0.6) is 0 Å². The van der Waals surface area contributed by atoms with Crippen molar-refractivity contribution >= 4 is 16.8 Å². The Hall–Kier alpha value is -3.29. The number of nitrogens with zero attached hydrogens (tertiary/aromatic N) is 6. The van der Waals surface area contributed by atoms with Gasteiger partial charge in [0.2, 0.25) is 0 Å². The van der Waals surface area contributed by atoms with Crippen LogP contribution in [-0.2, 0) is 0 Å². The fourth-order valence-electron chi connectivity index (χ4n) is 3.84. The van der Waals surface area contributed by atoms with Crippen LogP contribution in [0.1, 0.15) is 30.3 Å². The van der Waals surface area contributed by atoms with Gasteiger partial charge in [-0.3, -0.25) is 4.57 Å². The van der Waals surface area contributed by atoms with Gasteiger partial charge in [-0.15, -0.1) is 10.2 Å². The van der Waals surface area contributed by atoms with E-state index in [-0.39, 0.29) is 11.7 Å². The van der Waals surface area contributed by atoms with Gasteiger partial charge in [0, 0.05) is 36.8 Å². The molecule has 0 atom stereocenters. The van der Waals surface area contributed by atoms with E-state index >= 15 is 0 Å².